The smallest absolute Gasteiger partial charge is 0.744 e. The van der Waals surface area contributed by atoms with Gasteiger partial charge in [0.25, 0.3) is 0 Å². The zero-order chi connectivity index (χ0) is 11.9. The minimum atomic E-state index is -4.42. The normalized spacial score (nSPS) is 11.2. The monoisotopic (exact) mass is 274 g/mol. The summed E-state index contributed by atoms with van der Waals surface area (Å²) in [6.45, 7) is 3.55. The molecule has 0 radical (unpaired) electrons. The second-order valence-corrected chi connectivity index (χ2v) is 5.21. The third-order valence-electron chi connectivity index (χ3n) is 2.57. The van der Waals surface area contributed by atoms with Crippen LogP contribution in [0.1, 0.15) is 11.1 Å². The summed E-state index contributed by atoms with van der Waals surface area (Å²) in [4.78, 5) is -0.106. The average Bonchev–Trinajstić information content (AvgIpc) is 2.16. The summed E-state index contributed by atoms with van der Waals surface area (Å²) in [5, 5.41) is 1.28. The van der Waals surface area contributed by atoms with Crippen molar-refractivity contribution in [3.05, 3.63) is 41.5 Å². The Balaban J connectivity index is 0.00000144. The first-order chi connectivity index (χ1) is 7.39. The first kappa shape index (κ1) is 15.3. The number of benzene rings is 2. The third kappa shape index (κ3) is 3.17. The number of hydrogen-bond donors (Lipinski definition) is 0. The van der Waals surface area contributed by atoms with Crippen LogP contribution in [0.25, 0.3) is 10.8 Å². The zero-order valence-corrected chi connectivity index (χ0v) is 14.0. The van der Waals surface area contributed by atoms with Gasteiger partial charge in [-0.3, -0.25) is 0 Å². The molecule has 5 heteroatoms. The molecule has 0 fully saturated rings. The summed E-state index contributed by atoms with van der Waals surface area (Å²) in [7, 11) is -4.42. The molecule has 0 saturated heterocycles. The Labute approximate surface area is 143 Å². The predicted octanol–water partition coefficient (Wildman–Crippen LogP) is -0.635. The molecule has 0 amide bonds. The van der Waals surface area contributed by atoms with Crippen molar-refractivity contribution in [3.8, 4) is 0 Å². The molecule has 2 aromatic rings. The fourth-order valence-electron chi connectivity index (χ4n) is 1.86. The summed E-state index contributed by atoms with van der Waals surface area (Å²) in [5.41, 5.74) is 1.52. The molecule has 2 aromatic carbocycles. The SMILES string of the molecule is Cc1ccc2c(S(=O)(=O)[O-])c(C)ccc2c1.[K+]. The van der Waals surface area contributed by atoms with Crippen LogP contribution in [0.5, 0.6) is 0 Å². The van der Waals surface area contributed by atoms with Gasteiger partial charge in [0.15, 0.2) is 0 Å². The molecular formula is C12H11KO3S. The van der Waals surface area contributed by atoms with Crippen LogP contribution < -0.4 is 51.4 Å². The van der Waals surface area contributed by atoms with Gasteiger partial charge in [-0.1, -0.05) is 35.9 Å². The van der Waals surface area contributed by atoms with Crippen LogP contribution >= 0.6 is 0 Å². The summed E-state index contributed by atoms with van der Waals surface area (Å²) in [6, 6.07) is 8.83. The van der Waals surface area contributed by atoms with Crippen molar-refractivity contribution >= 4 is 20.9 Å². The minimum absolute atomic E-state index is 0. The Bertz CT molecular complexity index is 663. The predicted molar refractivity (Wildman–Crippen MR) is 61.4 cm³/mol. The van der Waals surface area contributed by atoms with Gasteiger partial charge >= 0.3 is 51.4 Å². The fourth-order valence-corrected chi connectivity index (χ4v) is 2.78. The summed E-state index contributed by atoms with van der Waals surface area (Å²) >= 11 is 0. The van der Waals surface area contributed by atoms with Crippen LogP contribution in [0, 0.1) is 13.8 Å². The quantitative estimate of drug-likeness (QED) is 0.514. The molecule has 0 spiro atoms. The second-order valence-electron chi connectivity index (χ2n) is 3.89. The van der Waals surface area contributed by atoms with Gasteiger partial charge in [0.2, 0.25) is 0 Å². The first-order valence-electron chi connectivity index (χ1n) is 4.85. The Morgan fingerprint density at radius 2 is 1.71 bits per heavy atom. The molecule has 0 atom stereocenters. The molecule has 0 N–H and O–H groups in total. The molecular weight excluding hydrogens is 263 g/mol. The van der Waals surface area contributed by atoms with Gasteiger partial charge in [0.1, 0.15) is 10.1 Å². The van der Waals surface area contributed by atoms with Crippen molar-refractivity contribution in [3.63, 3.8) is 0 Å². The van der Waals surface area contributed by atoms with E-state index < -0.39 is 10.1 Å². The van der Waals surface area contributed by atoms with E-state index in [9.17, 15) is 13.0 Å². The van der Waals surface area contributed by atoms with E-state index in [1.807, 2.05) is 19.1 Å². The van der Waals surface area contributed by atoms with Crippen LogP contribution in [0.3, 0.4) is 0 Å². The van der Waals surface area contributed by atoms with Gasteiger partial charge in [0, 0.05) is 0 Å². The van der Waals surface area contributed by atoms with E-state index in [1.165, 1.54) is 0 Å². The van der Waals surface area contributed by atoms with Crippen molar-refractivity contribution in [1.29, 1.82) is 0 Å². The van der Waals surface area contributed by atoms with Crippen LogP contribution in [0.4, 0.5) is 0 Å². The maximum absolute atomic E-state index is 11.2. The van der Waals surface area contributed by atoms with Crippen LogP contribution in [0.15, 0.2) is 35.2 Å². The van der Waals surface area contributed by atoms with Crippen molar-refractivity contribution in [2.45, 2.75) is 18.7 Å². The largest absolute Gasteiger partial charge is 1.00 e. The molecule has 3 nitrogen and oxygen atoms in total. The van der Waals surface area contributed by atoms with Crippen LogP contribution in [0.2, 0.25) is 0 Å². The molecule has 84 valence electrons. The molecule has 2 rings (SSSR count). The van der Waals surface area contributed by atoms with Gasteiger partial charge in [-0.25, -0.2) is 8.42 Å². The summed E-state index contributed by atoms with van der Waals surface area (Å²) in [6.07, 6.45) is 0. The second kappa shape index (κ2) is 5.48. The maximum Gasteiger partial charge on any atom is 1.00 e. The molecule has 0 aromatic heterocycles. The molecule has 0 bridgehead atoms. The van der Waals surface area contributed by atoms with E-state index in [0.717, 1.165) is 10.9 Å². The van der Waals surface area contributed by atoms with E-state index in [2.05, 4.69) is 0 Å². The first-order valence-corrected chi connectivity index (χ1v) is 6.26. The number of fused-ring (bicyclic) bond motifs is 1. The third-order valence-corrected chi connectivity index (χ3v) is 3.61. The maximum atomic E-state index is 11.2. The van der Waals surface area contributed by atoms with E-state index >= 15 is 0 Å². The van der Waals surface area contributed by atoms with E-state index in [4.69, 9.17) is 0 Å². The Kier molecular flexibility index (Phi) is 4.94. The van der Waals surface area contributed by atoms with Crippen molar-refractivity contribution in [1.82, 2.24) is 0 Å². The Morgan fingerprint density at radius 3 is 2.29 bits per heavy atom. The number of aryl methyl sites for hydroxylation is 2. The zero-order valence-electron chi connectivity index (χ0n) is 10.0. The summed E-state index contributed by atoms with van der Waals surface area (Å²) < 4.78 is 33.6. The van der Waals surface area contributed by atoms with Crippen LogP contribution in [-0.4, -0.2) is 13.0 Å². The molecule has 0 aliphatic rings. The number of hydrogen-bond acceptors (Lipinski definition) is 3. The van der Waals surface area contributed by atoms with Crippen LogP contribution in [-0.2, 0) is 10.1 Å². The molecule has 0 heterocycles. The van der Waals surface area contributed by atoms with Crippen molar-refractivity contribution < 1.29 is 64.4 Å². The van der Waals surface area contributed by atoms with Gasteiger partial charge in [-0.05, 0) is 30.2 Å². The average molecular weight is 274 g/mol. The van der Waals surface area contributed by atoms with Gasteiger partial charge in [0.05, 0.1) is 4.90 Å². The molecule has 0 aliphatic heterocycles. The van der Waals surface area contributed by atoms with Crippen molar-refractivity contribution in [2.75, 3.05) is 0 Å². The Hall–Kier alpha value is 0.246. The van der Waals surface area contributed by atoms with Gasteiger partial charge in [-0.2, -0.15) is 0 Å². The van der Waals surface area contributed by atoms with E-state index in [1.54, 1.807) is 25.1 Å². The van der Waals surface area contributed by atoms with E-state index in [-0.39, 0.29) is 56.3 Å². The molecule has 17 heavy (non-hydrogen) atoms. The van der Waals surface area contributed by atoms with E-state index in [0.29, 0.717) is 10.9 Å². The van der Waals surface area contributed by atoms with Gasteiger partial charge in [-0.15, -0.1) is 0 Å². The molecule has 0 unspecified atom stereocenters. The van der Waals surface area contributed by atoms with Crippen molar-refractivity contribution in [2.24, 2.45) is 0 Å². The minimum Gasteiger partial charge on any atom is -0.744 e. The molecule has 0 saturated carbocycles. The van der Waals surface area contributed by atoms with Gasteiger partial charge < -0.3 is 4.55 Å². The Morgan fingerprint density at radius 1 is 1.06 bits per heavy atom. The standard InChI is InChI=1S/C12H12O3S.K/c1-8-3-6-11-10(7-8)5-4-9(2)12(11)16(13,14)15;/h3-7H,1-2H3,(H,13,14,15);/q;+1/p-1. The topological polar surface area (TPSA) is 57.2 Å². The fraction of sp³-hybridized carbons (Fsp3) is 0.167. The summed E-state index contributed by atoms with van der Waals surface area (Å²) in [5.74, 6) is 0. The number of rotatable bonds is 1. The molecule has 0 aliphatic carbocycles.